The lowest BCUT2D eigenvalue weighted by atomic mass is 9.63. The molecule has 1 aliphatic rings. The molecule has 2 aromatic heterocycles. The fourth-order valence-electron chi connectivity index (χ4n) is 8.14. The first-order valence-electron chi connectivity index (χ1n) is 17.1. The van der Waals surface area contributed by atoms with Crippen LogP contribution >= 0.6 is 0 Å². The molecule has 0 N–H and O–H groups in total. The molecule has 0 spiro atoms. The Bertz CT molecular complexity index is 2620. The van der Waals surface area contributed by atoms with Crippen molar-refractivity contribution in [3.63, 3.8) is 0 Å². The highest BCUT2D eigenvalue weighted by Crippen LogP contribution is 2.54. The normalized spacial score (nSPS) is 14.9. The van der Waals surface area contributed by atoms with Crippen molar-refractivity contribution in [2.75, 3.05) is 0 Å². The lowest BCUT2D eigenvalue weighted by molar-refractivity contribution is 0.728. The maximum Gasteiger partial charge on any atom is 0.160 e. The van der Waals surface area contributed by atoms with Gasteiger partial charge in [0.2, 0.25) is 0 Å². The van der Waals surface area contributed by atoms with E-state index in [2.05, 4.69) is 180 Å². The number of nitrogens with zero attached hydrogens (tertiary/aromatic N) is 3. The average Bonchev–Trinajstić information content (AvgIpc) is 3.55. The molecule has 0 fully saturated rings. The molecule has 7 aromatic carbocycles. The first kappa shape index (κ1) is 28.4. The van der Waals surface area contributed by atoms with Gasteiger partial charge in [0, 0.05) is 27.5 Å². The molecule has 3 heteroatoms. The standard InChI is InChI=1S/C47H31N3/c1-4-15-32(16-5-1)41-31-42(33-17-6-2-7-18-33)49-46(48-41)34-27-29-36(30-28-34)47(35-19-8-3-9-20-35)39-23-11-13-26-44(39)50-43-25-12-10-21-37(43)38-22-14-24-40(47)45(38)50/h1-31H. The largest absolute Gasteiger partial charge is 0.309 e. The smallest absolute Gasteiger partial charge is 0.160 e. The van der Waals surface area contributed by atoms with Crippen LogP contribution in [-0.4, -0.2) is 14.5 Å². The minimum atomic E-state index is -0.553. The van der Waals surface area contributed by atoms with Gasteiger partial charge in [-0.3, -0.25) is 0 Å². The van der Waals surface area contributed by atoms with Crippen LogP contribution in [0.2, 0.25) is 0 Å². The zero-order chi connectivity index (χ0) is 33.1. The van der Waals surface area contributed by atoms with Gasteiger partial charge in [-0.1, -0.05) is 170 Å². The van der Waals surface area contributed by atoms with Crippen LogP contribution in [0.3, 0.4) is 0 Å². The average molecular weight is 638 g/mol. The Morgan fingerprint density at radius 3 is 1.64 bits per heavy atom. The first-order chi connectivity index (χ1) is 24.8. The molecular weight excluding hydrogens is 607 g/mol. The van der Waals surface area contributed by atoms with E-state index in [0.717, 1.165) is 28.1 Å². The number of rotatable bonds is 5. The van der Waals surface area contributed by atoms with Crippen LogP contribution in [0.1, 0.15) is 22.3 Å². The summed E-state index contributed by atoms with van der Waals surface area (Å²) in [6, 6.07) is 67.3. The second-order valence-corrected chi connectivity index (χ2v) is 13.0. The van der Waals surface area contributed by atoms with Crippen LogP contribution < -0.4 is 0 Å². The van der Waals surface area contributed by atoms with E-state index in [0.29, 0.717) is 5.82 Å². The lowest BCUT2D eigenvalue weighted by Crippen LogP contribution is -2.35. The number of hydrogen-bond donors (Lipinski definition) is 0. The SMILES string of the molecule is c1ccc(-c2cc(-c3ccccc3)nc(-c3ccc(C4(c5ccccc5)c5ccccc5-n5c6ccccc6c6cccc4c65)cc3)n2)cc1. The Morgan fingerprint density at radius 1 is 0.400 bits per heavy atom. The zero-order valence-corrected chi connectivity index (χ0v) is 27.2. The van der Waals surface area contributed by atoms with E-state index in [1.807, 2.05) is 12.1 Å². The number of para-hydroxylation sites is 3. The van der Waals surface area contributed by atoms with Gasteiger partial charge in [0.25, 0.3) is 0 Å². The molecule has 50 heavy (non-hydrogen) atoms. The number of aromatic nitrogens is 3. The fraction of sp³-hybridized carbons (Fsp3) is 0.0213. The summed E-state index contributed by atoms with van der Waals surface area (Å²) < 4.78 is 2.47. The van der Waals surface area contributed by atoms with E-state index < -0.39 is 5.41 Å². The molecule has 0 saturated heterocycles. The van der Waals surface area contributed by atoms with Gasteiger partial charge in [-0.2, -0.15) is 0 Å². The van der Waals surface area contributed by atoms with Crippen molar-refractivity contribution in [2.24, 2.45) is 0 Å². The third-order valence-corrected chi connectivity index (χ3v) is 10.3. The Kier molecular flexibility index (Phi) is 6.40. The zero-order valence-electron chi connectivity index (χ0n) is 27.2. The van der Waals surface area contributed by atoms with Crippen molar-refractivity contribution >= 4 is 21.8 Å². The second kappa shape index (κ2) is 11.3. The van der Waals surface area contributed by atoms with E-state index >= 15 is 0 Å². The predicted octanol–water partition coefficient (Wildman–Crippen LogP) is 11.3. The molecule has 0 radical (unpaired) electrons. The van der Waals surface area contributed by atoms with Crippen molar-refractivity contribution < 1.29 is 0 Å². The predicted molar refractivity (Wildman–Crippen MR) is 205 cm³/mol. The molecule has 0 bridgehead atoms. The lowest BCUT2D eigenvalue weighted by Gasteiger charge is -2.41. The van der Waals surface area contributed by atoms with Crippen LogP contribution in [0.25, 0.3) is 61.4 Å². The topological polar surface area (TPSA) is 30.7 Å². The van der Waals surface area contributed by atoms with E-state index in [1.165, 1.54) is 49.7 Å². The maximum absolute atomic E-state index is 5.12. The Balaban J connectivity index is 1.22. The molecule has 234 valence electrons. The summed E-state index contributed by atoms with van der Waals surface area (Å²) >= 11 is 0. The van der Waals surface area contributed by atoms with Crippen molar-refractivity contribution in [2.45, 2.75) is 5.41 Å². The second-order valence-electron chi connectivity index (χ2n) is 13.0. The van der Waals surface area contributed by atoms with Crippen molar-refractivity contribution in [3.8, 4) is 39.6 Å². The monoisotopic (exact) mass is 637 g/mol. The van der Waals surface area contributed by atoms with Crippen LogP contribution in [-0.2, 0) is 5.41 Å². The highest BCUT2D eigenvalue weighted by Gasteiger charge is 2.45. The third kappa shape index (κ3) is 4.17. The van der Waals surface area contributed by atoms with Gasteiger partial charge >= 0.3 is 0 Å². The van der Waals surface area contributed by atoms with Gasteiger partial charge in [0.05, 0.1) is 33.5 Å². The Morgan fingerprint density at radius 2 is 0.940 bits per heavy atom. The first-order valence-corrected chi connectivity index (χ1v) is 17.1. The summed E-state index contributed by atoms with van der Waals surface area (Å²) in [5, 5.41) is 2.53. The molecule has 1 aliphatic heterocycles. The summed E-state index contributed by atoms with van der Waals surface area (Å²) in [6.07, 6.45) is 0. The highest BCUT2D eigenvalue weighted by molar-refractivity contribution is 6.12. The van der Waals surface area contributed by atoms with Crippen molar-refractivity contribution in [1.82, 2.24) is 14.5 Å². The van der Waals surface area contributed by atoms with Crippen LogP contribution in [0.5, 0.6) is 0 Å². The molecule has 3 heterocycles. The molecule has 1 unspecified atom stereocenters. The van der Waals surface area contributed by atoms with E-state index in [9.17, 15) is 0 Å². The summed E-state index contributed by atoms with van der Waals surface area (Å²) in [5.74, 6) is 0.705. The quantitative estimate of drug-likeness (QED) is 0.188. The number of fused-ring (bicyclic) bond motifs is 5. The Hall–Kier alpha value is -6.58. The summed E-state index contributed by atoms with van der Waals surface area (Å²) in [5.41, 5.74) is 13.0. The van der Waals surface area contributed by atoms with Crippen LogP contribution in [0.15, 0.2) is 188 Å². The van der Waals surface area contributed by atoms with Gasteiger partial charge in [-0.05, 0) is 40.5 Å². The highest BCUT2D eigenvalue weighted by atomic mass is 15.0. The minimum absolute atomic E-state index is 0.553. The van der Waals surface area contributed by atoms with E-state index in [1.54, 1.807) is 0 Å². The number of hydrogen-bond acceptors (Lipinski definition) is 2. The van der Waals surface area contributed by atoms with Gasteiger partial charge in [-0.15, -0.1) is 0 Å². The van der Waals surface area contributed by atoms with Crippen molar-refractivity contribution in [3.05, 3.63) is 210 Å². The molecule has 0 amide bonds. The van der Waals surface area contributed by atoms with Crippen LogP contribution in [0.4, 0.5) is 0 Å². The van der Waals surface area contributed by atoms with E-state index in [4.69, 9.17) is 9.97 Å². The molecular formula is C47H31N3. The molecule has 9 aromatic rings. The van der Waals surface area contributed by atoms with Crippen molar-refractivity contribution in [1.29, 1.82) is 0 Å². The number of benzene rings is 7. The van der Waals surface area contributed by atoms with Gasteiger partial charge in [-0.25, -0.2) is 9.97 Å². The fourth-order valence-corrected chi connectivity index (χ4v) is 8.14. The maximum atomic E-state index is 5.12. The molecule has 10 rings (SSSR count). The third-order valence-electron chi connectivity index (χ3n) is 10.3. The summed E-state index contributed by atoms with van der Waals surface area (Å²) in [7, 11) is 0. The molecule has 3 nitrogen and oxygen atoms in total. The molecule has 0 saturated carbocycles. The Labute approximate surface area is 290 Å². The van der Waals surface area contributed by atoms with Gasteiger partial charge < -0.3 is 4.57 Å². The van der Waals surface area contributed by atoms with E-state index in [-0.39, 0.29) is 0 Å². The van der Waals surface area contributed by atoms with Crippen LogP contribution in [0, 0.1) is 0 Å². The molecule has 0 aliphatic carbocycles. The molecule has 1 atom stereocenters. The summed E-state index contributed by atoms with van der Waals surface area (Å²) in [4.78, 5) is 10.2. The minimum Gasteiger partial charge on any atom is -0.309 e. The van der Waals surface area contributed by atoms with Gasteiger partial charge in [0.15, 0.2) is 5.82 Å². The summed E-state index contributed by atoms with van der Waals surface area (Å²) in [6.45, 7) is 0. The van der Waals surface area contributed by atoms with Gasteiger partial charge in [0.1, 0.15) is 0 Å².